The summed E-state index contributed by atoms with van der Waals surface area (Å²) in [4.78, 5) is 29.3. The van der Waals surface area contributed by atoms with Gasteiger partial charge < -0.3 is 19.5 Å². The van der Waals surface area contributed by atoms with Crippen LogP contribution >= 0.6 is 11.6 Å². The number of amides is 2. The fourth-order valence-corrected chi connectivity index (χ4v) is 3.46. The first-order chi connectivity index (χ1) is 13.0. The molecule has 1 saturated heterocycles. The number of anilines is 1. The molecule has 27 heavy (non-hydrogen) atoms. The highest BCUT2D eigenvalue weighted by molar-refractivity contribution is 6.33. The molecule has 2 heterocycles. The average Bonchev–Trinajstić information content (AvgIpc) is 3.21. The third-order valence-corrected chi connectivity index (χ3v) is 5.07. The Kier molecular flexibility index (Phi) is 6.06. The van der Waals surface area contributed by atoms with Crippen molar-refractivity contribution in [3.63, 3.8) is 0 Å². The van der Waals surface area contributed by atoms with E-state index in [0.717, 1.165) is 5.69 Å². The molecular weight excluding hydrogens is 366 g/mol. The van der Waals surface area contributed by atoms with Crippen LogP contribution in [0.4, 0.5) is 5.69 Å². The predicted octanol–water partition coefficient (Wildman–Crippen LogP) is 3.04. The van der Waals surface area contributed by atoms with Crippen LogP contribution in [0.1, 0.15) is 24.4 Å². The predicted molar refractivity (Wildman–Crippen MR) is 105 cm³/mol. The van der Waals surface area contributed by atoms with Crippen molar-refractivity contribution in [3.8, 4) is 0 Å². The van der Waals surface area contributed by atoms with Crippen LogP contribution in [0.3, 0.4) is 0 Å². The van der Waals surface area contributed by atoms with Crippen LogP contribution in [0.5, 0.6) is 0 Å². The molecule has 0 bridgehead atoms. The van der Waals surface area contributed by atoms with E-state index in [1.165, 1.54) is 6.26 Å². The van der Waals surface area contributed by atoms with Crippen LogP contribution in [0.15, 0.2) is 47.1 Å². The number of para-hydroxylation sites is 1. The Morgan fingerprint density at radius 3 is 2.37 bits per heavy atom. The molecule has 1 aromatic carbocycles. The first-order valence-corrected chi connectivity index (χ1v) is 9.48. The van der Waals surface area contributed by atoms with E-state index < -0.39 is 6.04 Å². The van der Waals surface area contributed by atoms with E-state index in [1.807, 2.05) is 38.1 Å². The van der Waals surface area contributed by atoms with E-state index in [2.05, 4.69) is 10.2 Å². The van der Waals surface area contributed by atoms with E-state index in [0.29, 0.717) is 31.2 Å². The van der Waals surface area contributed by atoms with Crippen LogP contribution < -0.4 is 10.2 Å². The van der Waals surface area contributed by atoms with Crippen LogP contribution in [0.25, 0.3) is 0 Å². The molecule has 1 aliphatic heterocycles. The van der Waals surface area contributed by atoms with Crippen molar-refractivity contribution in [2.24, 2.45) is 5.92 Å². The molecule has 0 aliphatic carbocycles. The van der Waals surface area contributed by atoms with E-state index in [9.17, 15) is 9.59 Å². The second-order valence-corrected chi connectivity index (χ2v) is 7.34. The van der Waals surface area contributed by atoms with Crippen LogP contribution in [-0.4, -0.2) is 48.9 Å². The largest absolute Gasteiger partial charge is 0.459 e. The number of nitrogens with one attached hydrogen (secondary N) is 1. The van der Waals surface area contributed by atoms with Gasteiger partial charge in [0.25, 0.3) is 5.91 Å². The van der Waals surface area contributed by atoms with E-state index >= 15 is 0 Å². The van der Waals surface area contributed by atoms with Crippen molar-refractivity contribution in [2.75, 3.05) is 31.1 Å². The number of hydrogen-bond donors (Lipinski definition) is 1. The lowest BCUT2D eigenvalue weighted by molar-refractivity contribution is -0.134. The fraction of sp³-hybridized carbons (Fsp3) is 0.400. The molecule has 1 aliphatic rings. The van der Waals surface area contributed by atoms with Gasteiger partial charge in [0.1, 0.15) is 6.04 Å². The molecule has 0 spiro atoms. The zero-order valence-electron chi connectivity index (χ0n) is 15.5. The summed E-state index contributed by atoms with van der Waals surface area (Å²) in [6.45, 7) is 6.42. The van der Waals surface area contributed by atoms with Gasteiger partial charge in [-0.25, -0.2) is 0 Å². The zero-order valence-corrected chi connectivity index (χ0v) is 16.3. The van der Waals surface area contributed by atoms with Gasteiger partial charge in [-0.1, -0.05) is 37.6 Å². The van der Waals surface area contributed by atoms with Crippen molar-refractivity contribution < 1.29 is 14.0 Å². The number of carbonyl (C=O) groups is 2. The van der Waals surface area contributed by atoms with Crippen molar-refractivity contribution in [3.05, 3.63) is 53.4 Å². The number of rotatable bonds is 5. The summed E-state index contributed by atoms with van der Waals surface area (Å²) in [6.07, 6.45) is 1.44. The van der Waals surface area contributed by atoms with E-state index in [1.54, 1.807) is 17.0 Å². The van der Waals surface area contributed by atoms with Gasteiger partial charge in [-0.2, -0.15) is 0 Å². The molecule has 6 nitrogen and oxygen atoms in total. The van der Waals surface area contributed by atoms with Crippen LogP contribution in [0.2, 0.25) is 5.02 Å². The molecule has 1 atom stereocenters. The van der Waals surface area contributed by atoms with Crippen molar-refractivity contribution in [1.82, 2.24) is 10.2 Å². The average molecular weight is 390 g/mol. The Bertz CT molecular complexity index is 784. The van der Waals surface area contributed by atoms with Gasteiger partial charge in [0, 0.05) is 26.2 Å². The number of piperazine rings is 1. The maximum atomic E-state index is 13.0. The standard InChI is InChI=1S/C20H24ClN3O3/c1-14(2)18(22-19(25)17-8-5-13-27-17)20(26)24-11-9-23(10-12-24)16-7-4-3-6-15(16)21/h3-8,13-14,18H,9-12H2,1-2H3,(H,22,25). The summed E-state index contributed by atoms with van der Waals surface area (Å²) >= 11 is 6.28. The van der Waals surface area contributed by atoms with Gasteiger partial charge >= 0.3 is 0 Å². The van der Waals surface area contributed by atoms with Crippen LogP contribution in [-0.2, 0) is 4.79 Å². The SMILES string of the molecule is CC(C)C(NC(=O)c1ccco1)C(=O)N1CCN(c2ccccc2Cl)CC1. The molecule has 1 unspecified atom stereocenters. The maximum Gasteiger partial charge on any atom is 0.287 e. The normalized spacial score (nSPS) is 15.7. The second-order valence-electron chi connectivity index (χ2n) is 6.94. The Labute approximate surface area is 164 Å². The monoisotopic (exact) mass is 389 g/mol. The summed E-state index contributed by atoms with van der Waals surface area (Å²) in [5.74, 6) is -0.263. The highest BCUT2D eigenvalue weighted by Crippen LogP contribution is 2.26. The molecule has 1 fully saturated rings. The summed E-state index contributed by atoms with van der Waals surface area (Å²) in [7, 11) is 0. The summed E-state index contributed by atoms with van der Waals surface area (Å²) in [5, 5.41) is 3.52. The Morgan fingerprint density at radius 1 is 1.07 bits per heavy atom. The molecule has 3 rings (SSSR count). The third-order valence-electron chi connectivity index (χ3n) is 4.75. The smallest absolute Gasteiger partial charge is 0.287 e. The zero-order chi connectivity index (χ0) is 19.4. The molecule has 144 valence electrons. The minimum Gasteiger partial charge on any atom is -0.459 e. The number of furan rings is 1. The van der Waals surface area contributed by atoms with Crippen LogP contribution in [0, 0.1) is 5.92 Å². The molecule has 0 saturated carbocycles. The fourth-order valence-electron chi connectivity index (χ4n) is 3.21. The van der Waals surface area contributed by atoms with Gasteiger partial charge in [-0.05, 0) is 30.2 Å². The Balaban J connectivity index is 1.62. The Morgan fingerprint density at radius 2 is 1.78 bits per heavy atom. The van der Waals surface area contributed by atoms with Gasteiger partial charge in [-0.15, -0.1) is 0 Å². The molecule has 1 N–H and O–H groups in total. The first-order valence-electron chi connectivity index (χ1n) is 9.10. The topological polar surface area (TPSA) is 65.8 Å². The lowest BCUT2D eigenvalue weighted by Gasteiger charge is -2.38. The van der Waals surface area contributed by atoms with Crippen molar-refractivity contribution >= 4 is 29.1 Å². The number of carbonyl (C=O) groups excluding carboxylic acids is 2. The van der Waals surface area contributed by atoms with Gasteiger partial charge in [0.2, 0.25) is 5.91 Å². The van der Waals surface area contributed by atoms with Gasteiger partial charge in [0.05, 0.1) is 17.0 Å². The molecule has 2 aromatic rings. The lowest BCUT2D eigenvalue weighted by atomic mass is 10.0. The maximum absolute atomic E-state index is 13.0. The number of benzene rings is 1. The molecule has 2 amide bonds. The second kappa shape index (κ2) is 8.48. The van der Waals surface area contributed by atoms with Gasteiger partial charge in [-0.3, -0.25) is 9.59 Å². The summed E-state index contributed by atoms with van der Waals surface area (Å²) in [6, 6.07) is 10.4. The summed E-state index contributed by atoms with van der Waals surface area (Å²) in [5.41, 5.74) is 0.984. The molecule has 0 radical (unpaired) electrons. The lowest BCUT2D eigenvalue weighted by Crippen LogP contribution is -2.56. The number of hydrogen-bond acceptors (Lipinski definition) is 4. The van der Waals surface area contributed by atoms with Gasteiger partial charge in [0.15, 0.2) is 5.76 Å². The summed E-state index contributed by atoms with van der Waals surface area (Å²) < 4.78 is 5.12. The minimum atomic E-state index is -0.588. The number of halogens is 1. The molecule has 7 heteroatoms. The molecular formula is C20H24ClN3O3. The highest BCUT2D eigenvalue weighted by atomic mass is 35.5. The third kappa shape index (κ3) is 4.45. The highest BCUT2D eigenvalue weighted by Gasteiger charge is 2.31. The van der Waals surface area contributed by atoms with E-state index in [4.69, 9.17) is 16.0 Å². The minimum absolute atomic E-state index is 0.0296. The van der Waals surface area contributed by atoms with E-state index in [-0.39, 0.29) is 23.5 Å². The van der Waals surface area contributed by atoms with Crippen molar-refractivity contribution in [1.29, 1.82) is 0 Å². The Hall–Kier alpha value is -2.47. The quantitative estimate of drug-likeness (QED) is 0.853. The molecule has 1 aromatic heterocycles. The van der Waals surface area contributed by atoms with Crippen molar-refractivity contribution in [2.45, 2.75) is 19.9 Å². The first kappa shape index (κ1) is 19.3. The number of nitrogens with zero attached hydrogens (tertiary/aromatic N) is 2.